The summed E-state index contributed by atoms with van der Waals surface area (Å²) in [5.41, 5.74) is 0. The average Bonchev–Trinajstić information content (AvgIpc) is 1.99. The van der Waals surface area contributed by atoms with Gasteiger partial charge in [0.05, 0.1) is 13.0 Å². The van der Waals surface area contributed by atoms with Gasteiger partial charge in [-0.3, -0.25) is 4.79 Å². The standard InChI is InChI=1S/C6H11O4/c1-2-6(9)10-4-5(8)3-7/h2,5,7-8H,3-4H2,1H3. The van der Waals surface area contributed by atoms with Crippen molar-refractivity contribution in [2.24, 2.45) is 0 Å². The largest absolute Gasteiger partial charge is 0.463 e. The van der Waals surface area contributed by atoms with E-state index in [1.807, 2.05) is 0 Å². The van der Waals surface area contributed by atoms with Crippen molar-refractivity contribution in [2.75, 3.05) is 13.2 Å². The molecule has 2 N–H and O–H groups in total. The van der Waals surface area contributed by atoms with Crippen LogP contribution in [-0.2, 0) is 9.53 Å². The number of carbonyl (C=O) groups is 1. The molecule has 0 rings (SSSR count). The fourth-order valence-corrected chi connectivity index (χ4v) is 0.314. The summed E-state index contributed by atoms with van der Waals surface area (Å²) in [6, 6.07) is 0. The molecule has 1 radical (unpaired) electrons. The topological polar surface area (TPSA) is 66.8 Å². The monoisotopic (exact) mass is 147 g/mol. The molecule has 0 fully saturated rings. The molecule has 0 aliphatic heterocycles. The van der Waals surface area contributed by atoms with E-state index in [1.54, 1.807) is 0 Å². The molecule has 0 spiro atoms. The Morgan fingerprint density at radius 2 is 2.40 bits per heavy atom. The molecule has 59 valence electrons. The highest BCUT2D eigenvalue weighted by Gasteiger charge is 2.04. The number of rotatable bonds is 4. The van der Waals surface area contributed by atoms with E-state index in [4.69, 9.17) is 10.2 Å². The van der Waals surface area contributed by atoms with E-state index in [0.717, 1.165) is 0 Å². The lowest BCUT2D eigenvalue weighted by molar-refractivity contribution is -0.143. The van der Waals surface area contributed by atoms with Crippen LogP contribution in [0.25, 0.3) is 0 Å². The predicted molar refractivity (Wildman–Crippen MR) is 34.0 cm³/mol. The van der Waals surface area contributed by atoms with Crippen LogP contribution in [0.5, 0.6) is 0 Å². The highest BCUT2D eigenvalue weighted by Crippen LogP contribution is 1.86. The fourth-order valence-electron chi connectivity index (χ4n) is 0.314. The van der Waals surface area contributed by atoms with Gasteiger partial charge in [-0.1, -0.05) is 6.92 Å². The normalized spacial score (nSPS) is 12.7. The van der Waals surface area contributed by atoms with E-state index < -0.39 is 18.7 Å². The van der Waals surface area contributed by atoms with E-state index >= 15 is 0 Å². The van der Waals surface area contributed by atoms with E-state index in [9.17, 15) is 4.79 Å². The van der Waals surface area contributed by atoms with Crippen LogP contribution in [0.15, 0.2) is 0 Å². The van der Waals surface area contributed by atoms with Crippen LogP contribution in [0.3, 0.4) is 0 Å². The third kappa shape index (κ3) is 4.29. The molecule has 0 aliphatic carbocycles. The van der Waals surface area contributed by atoms with Gasteiger partial charge in [-0.25, -0.2) is 0 Å². The molecule has 4 nitrogen and oxygen atoms in total. The summed E-state index contributed by atoms with van der Waals surface area (Å²) in [4.78, 5) is 10.4. The number of aliphatic hydroxyl groups excluding tert-OH is 2. The van der Waals surface area contributed by atoms with E-state index in [-0.39, 0.29) is 6.61 Å². The molecular formula is C6H11O4. The van der Waals surface area contributed by atoms with Gasteiger partial charge in [0.1, 0.15) is 12.7 Å². The van der Waals surface area contributed by atoms with Gasteiger partial charge in [-0.15, -0.1) is 0 Å². The molecule has 0 bridgehead atoms. The highest BCUT2D eigenvalue weighted by molar-refractivity contribution is 5.78. The molecule has 1 atom stereocenters. The first kappa shape index (κ1) is 9.39. The molecule has 0 aliphatic rings. The summed E-state index contributed by atoms with van der Waals surface area (Å²) in [6.07, 6.45) is 0.272. The average molecular weight is 147 g/mol. The Morgan fingerprint density at radius 1 is 1.80 bits per heavy atom. The van der Waals surface area contributed by atoms with Gasteiger partial charge in [0.15, 0.2) is 0 Å². The molecule has 0 saturated carbocycles. The van der Waals surface area contributed by atoms with Crippen molar-refractivity contribution < 1.29 is 19.7 Å². The van der Waals surface area contributed by atoms with E-state index in [1.165, 1.54) is 13.3 Å². The first-order valence-electron chi connectivity index (χ1n) is 2.95. The van der Waals surface area contributed by atoms with Crippen molar-refractivity contribution in [3.63, 3.8) is 0 Å². The third-order valence-electron chi connectivity index (χ3n) is 0.864. The van der Waals surface area contributed by atoms with Gasteiger partial charge >= 0.3 is 5.97 Å². The zero-order valence-electron chi connectivity index (χ0n) is 5.78. The van der Waals surface area contributed by atoms with Crippen molar-refractivity contribution >= 4 is 5.97 Å². The van der Waals surface area contributed by atoms with Gasteiger partial charge in [0, 0.05) is 0 Å². The maximum atomic E-state index is 10.4. The second kappa shape index (κ2) is 5.20. The van der Waals surface area contributed by atoms with Gasteiger partial charge in [0.25, 0.3) is 0 Å². The summed E-state index contributed by atoms with van der Waals surface area (Å²) in [5, 5.41) is 16.9. The predicted octanol–water partition coefficient (Wildman–Crippen LogP) is -0.893. The van der Waals surface area contributed by atoms with Crippen LogP contribution in [0.1, 0.15) is 6.92 Å². The second-order valence-electron chi connectivity index (χ2n) is 1.76. The maximum Gasteiger partial charge on any atom is 0.309 e. The Morgan fingerprint density at radius 3 is 2.80 bits per heavy atom. The molecule has 0 heterocycles. The quantitative estimate of drug-likeness (QED) is 0.506. The lowest BCUT2D eigenvalue weighted by Crippen LogP contribution is -2.21. The van der Waals surface area contributed by atoms with Crippen molar-refractivity contribution in [2.45, 2.75) is 13.0 Å². The molecule has 1 unspecified atom stereocenters. The van der Waals surface area contributed by atoms with Crippen molar-refractivity contribution in [1.29, 1.82) is 0 Å². The number of esters is 1. The van der Waals surface area contributed by atoms with Crippen molar-refractivity contribution in [3.8, 4) is 0 Å². The first-order chi connectivity index (χ1) is 4.70. The zero-order valence-corrected chi connectivity index (χ0v) is 5.78. The van der Waals surface area contributed by atoms with Gasteiger partial charge < -0.3 is 14.9 Å². The van der Waals surface area contributed by atoms with Crippen LogP contribution in [0, 0.1) is 6.42 Å². The molecule has 4 heteroatoms. The van der Waals surface area contributed by atoms with E-state index in [2.05, 4.69) is 4.74 Å². The Labute approximate surface area is 59.4 Å². The Kier molecular flexibility index (Phi) is 4.88. The summed E-state index contributed by atoms with van der Waals surface area (Å²) in [6.45, 7) is 0.990. The fraction of sp³-hybridized carbons (Fsp3) is 0.667. The molecule has 0 aromatic carbocycles. The number of carbonyl (C=O) groups excluding carboxylic acids is 1. The van der Waals surface area contributed by atoms with Gasteiger partial charge in [0.2, 0.25) is 0 Å². The molecule has 0 amide bonds. The molecule has 0 saturated heterocycles. The van der Waals surface area contributed by atoms with Crippen LogP contribution < -0.4 is 0 Å². The Hall–Kier alpha value is -0.610. The Balaban J connectivity index is 3.26. The van der Waals surface area contributed by atoms with Crippen molar-refractivity contribution in [3.05, 3.63) is 6.42 Å². The molecular weight excluding hydrogens is 136 g/mol. The highest BCUT2D eigenvalue weighted by atomic mass is 16.5. The molecule has 0 aromatic rings. The number of ether oxygens (including phenoxy) is 1. The minimum absolute atomic E-state index is 0.153. The lowest BCUT2D eigenvalue weighted by atomic mass is 10.4. The van der Waals surface area contributed by atoms with Crippen LogP contribution in [0.2, 0.25) is 0 Å². The molecule has 10 heavy (non-hydrogen) atoms. The molecule has 0 aromatic heterocycles. The summed E-state index contributed by atoms with van der Waals surface area (Å²) in [5.74, 6) is -0.493. The maximum absolute atomic E-state index is 10.4. The Bertz CT molecular complexity index is 102. The summed E-state index contributed by atoms with van der Waals surface area (Å²) >= 11 is 0. The van der Waals surface area contributed by atoms with Crippen molar-refractivity contribution in [1.82, 2.24) is 0 Å². The first-order valence-corrected chi connectivity index (χ1v) is 2.95. The van der Waals surface area contributed by atoms with E-state index in [0.29, 0.717) is 0 Å². The smallest absolute Gasteiger partial charge is 0.309 e. The number of hydrogen-bond acceptors (Lipinski definition) is 4. The zero-order chi connectivity index (χ0) is 7.98. The number of hydrogen-bond donors (Lipinski definition) is 2. The van der Waals surface area contributed by atoms with Crippen LogP contribution in [-0.4, -0.2) is 35.5 Å². The SMILES string of the molecule is C[CH]C(=O)OCC(O)CO. The minimum Gasteiger partial charge on any atom is -0.463 e. The van der Waals surface area contributed by atoms with Gasteiger partial charge in [-0.05, 0) is 0 Å². The summed E-state index contributed by atoms with van der Waals surface area (Å²) in [7, 11) is 0. The van der Waals surface area contributed by atoms with Gasteiger partial charge in [-0.2, -0.15) is 0 Å². The third-order valence-corrected chi connectivity index (χ3v) is 0.864. The number of aliphatic hydroxyl groups is 2. The second-order valence-corrected chi connectivity index (χ2v) is 1.76. The van der Waals surface area contributed by atoms with Crippen LogP contribution >= 0.6 is 0 Å². The van der Waals surface area contributed by atoms with Crippen LogP contribution in [0.4, 0.5) is 0 Å². The minimum atomic E-state index is -0.969. The summed E-state index contributed by atoms with van der Waals surface area (Å²) < 4.78 is 4.44. The lowest BCUT2D eigenvalue weighted by Gasteiger charge is -2.06.